The molecule has 0 saturated heterocycles. The van der Waals surface area contributed by atoms with Gasteiger partial charge in [0.2, 0.25) is 11.8 Å². The van der Waals surface area contributed by atoms with Gasteiger partial charge >= 0.3 is 0 Å². The van der Waals surface area contributed by atoms with Gasteiger partial charge in [-0.3, -0.25) is 9.59 Å². The topological polar surface area (TPSA) is 58.6 Å². The molecule has 2 amide bonds. The first-order valence-electron chi connectivity index (χ1n) is 9.91. The van der Waals surface area contributed by atoms with Gasteiger partial charge in [0, 0.05) is 12.6 Å². The molecule has 2 atom stereocenters. The molecular formula is C23H28Cl2N2O3. The fraction of sp³-hybridized carbons (Fsp3) is 0.391. The summed E-state index contributed by atoms with van der Waals surface area (Å²) >= 11 is 12.1. The largest absolute Gasteiger partial charge is 0.497 e. The number of benzene rings is 2. The Morgan fingerprint density at radius 3 is 2.23 bits per heavy atom. The van der Waals surface area contributed by atoms with E-state index in [1.807, 2.05) is 38.1 Å². The van der Waals surface area contributed by atoms with E-state index in [1.165, 1.54) is 0 Å². The van der Waals surface area contributed by atoms with Crippen molar-refractivity contribution in [2.75, 3.05) is 7.11 Å². The first-order valence-corrected chi connectivity index (χ1v) is 10.7. The number of carbonyl (C=O) groups excluding carboxylic acids is 2. The van der Waals surface area contributed by atoms with Crippen LogP contribution in [0.5, 0.6) is 5.75 Å². The Balaban J connectivity index is 2.24. The summed E-state index contributed by atoms with van der Waals surface area (Å²) < 4.78 is 5.20. The molecular weight excluding hydrogens is 423 g/mol. The number of carbonyl (C=O) groups is 2. The molecule has 0 aromatic heterocycles. The number of ether oxygens (including phenoxy) is 1. The molecule has 0 aliphatic rings. The fourth-order valence-electron chi connectivity index (χ4n) is 2.90. The third kappa shape index (κ3) is 6.64. The summed E-state index contributed by atoms with van der Waals surface area (Å²) in [6.07, 6.45) is 0.933. The number of rotatable bonds is 9. The van der Waals surface area contributed by atoms with E-state index in [2.05, 4.69) is 5.32 Å². The van der Waals surface area contributed by atoms with Crippen LogP contribution in [0.4, 0.5) is 0 Å². The molecule has 0 radical (unpaired) electrons. The number of nitrogens with zero attached hydrogens (tertiary/aromatic N) is 1. The minimum atomic E-state index is -0.628. The zero-order chi connectivity index (χ0) is 22.3. The number of hydrogen-bond donors (Lipinski definition) is 1. The summed E-state index contributed by atoms with van der Waals surface area (Å²) in [6.45, 7) is 5.99. The average molecular weight is 451 g/mol. The molecule has 30 heavy (non-hydrogen) atoms. The molecule has 162 valence electrons. The lowest BCUT2D eigenvalue weighted by Crippen LogP contribution is -2.49. The highest BCUT2D eigenvalue weighted by Gasteiger charge is 2.27. The summed E-state index contributed by atoms with van der Waals surface area (Å²) in [7, 11) is 1.60. The Morgan fingerprint density at radius 2 is 1.67 bits per heavy atom. The van der Waals surface area contributed by atoms with Gasteiger partial charge in [0.05, 0.1) is 23.6 Å². The Hall–Kier alpha value is -2.24. The van der Waals surface area contributed by atoms with E-state index in [9.17, 15) is 9.59 Å². The van der Waals surface area contributed by atoms with Gasteiger partial charge in [-0.25, -0.2) is 0 Å². The van der Waals surface area contributed by atoms with Gasteiger partial charge < -0.3 is 15.0 Å². The third-order valence-electron chi connectivity index (χ3n) is 5.02. The molecule has 0 aliphatic carbocycles. The fourth-order valence-corrected chi connectivity index (χ4v) is 3.22. The van der Waals surface area contributed by atoms with E-state index in [1.54, 1.807) is 37.1 Å². The lowest BCUT2D eigenvalue weighted by atomic mass is 10.1. The molecule has 0 aliphatic heterocycles. The first-order chi connectivity index (χ1) is 14.2. The maximum absolute atomic E-state index is 13.2. The summed E-state index contributed by atoms with van der Waals surface area (Å²) in [5, 5.41) is 3.79. The van der Waals surface area contributed by atoms with Gasteiger partial charge in [-0.15, -0.1) is 0 Å². The summed E-state index contributed by atoms with van der Waals surface area (Å²) in [4.78, 5) is 27.5. The zero-order valence-electron chi connectivity index (χ0n) is 17.7. The molecule has 0 fully saturated rings. The van der Waals surface area contributed by atoms with E-state index >= 15 is 0 Å². The number of halogens is 2. The summed E-state index contributed by atoms with van der Waals surface area (Å²) in [5.41, 5.74) is 1.64. The van der Waals surface area contributed by atoms with Crippen LogP contribution in [0.15, 0.2) is 42.5 Å². The Labute approximate surface area is 188 Å². The van der Waals surface area contributed by atoms with E-state index in [4.69, 9.17) is 27.9 Å². The van der Waals surface area contributed by atoms with E-state index in [0.717, 1.165) is 23.3 Å². The van der Waals surface area contributed by atoms with Crippen molar-refractivity contribution >= 4 is 35.0 Å². The molecule has 2 aromatic carbocycles. The van der Waals surface area contributed by atoms with Crippen LogP contribution in [-0.2, 0) is 22.6 Å². The lowest BCUT2D eigenvalue weighted by Gasteiger charge is -2.30. The van der Waals surface area contributed by atoms with Crippen molar-refractivity contribution < 1.29 is 14.3 Å². The second-order valence-electron chi connectivity index (χ2n) is 7.29. The van der Waals surface area contributed by atoms with Gasteiger partial charge in [-0.05, 0) is 55.7 Å². The molecule has 0 unspecified atom stereocenters. The predicted molar refractivity (Wildman–Crippen MR) is 121 cm³/mol. The highest BCUT2D eigenvalue weighted by atomic mass is 35.5. The quantitative estimate of drug-likeness (QED) is 0.592. The van der Waals surface area contributed by atoms with Crippen LogP contribution in [0.2, 0.25) is 10.0 Å². The van der Waals surface area contributed by atoms with Crippen molar-refractivity contribution in [3.05, 3.63) is 63.6 Å². The van der Waals surface area contributed by atoms with Crippen LogP contribution in [-0.4, -0.2) is 35.9 Å². The standard InChI is InChI=1S/C23H28Cl2N2O3/c1-5-15(2)26-23(29)16(3)27(14-17-6-9-19(30-4)10-7-17)22(28)13-18-8-11-20(24)21(25)12-18/h6-12,15-16H,5,13-14H2,1-4H3,(H,26,29)/t15-,16+/m1/s1. The minimum Gasteiger partial charge on any atom is -0.497 e. The molecule has 2 rings (SSSR count). The number of amides is 2. The molecule has 0 heterocycles. The molecule has 0 saturated carbocycles. The molecule has 5 nitrogen and oxygen atoms in total. The lowest BCUT2D eigenvalue weighted by molar-refractivity contribution is -0.140. The van der Waals surface area contributed by atoms with Crippen molar-refractivity contribution in [1.82, 2.24) is 10.2 Å². The second kappa shape index (κ2) is 11.2. The Morgan fingerprint density at radius 1 is 1.03 bits per heavy atom. The van der Waals surface area contributed by atoms with Crippen LogP contribution in [0, 0.1) is 0 Å². The van der Waals surface area contributed by atoms with Crippen LogP contribution in [0.1, 0.15) is 38.3 Å². The van der Waals surface area contributed by atoms with Gasteiger partial charge in [0.25, 0.3) is 0 Å². The minimum absolute atomic E-state index is 0.0351. The zero-order valence-corrected chi connectivity index (χ0v) is 19.3. The monoisotopic (exact) mass is 450 g/mol. The normalized spacial score (nSPS) is 12.7. The number of methoxy groups -OCH3 is 1. The maximum atomic E-state index is 13.2. The number of hydrogen-bond acceptors (Lipinski definition) is 3. The number of nitrogens with one attached hydrogen (secondary N) is 1. The molecule has 0 spiro atoms. The highest BCUT2D eigenvalue weighted by Crippen LogP contribution is 2.23. The summed E-state index contributed by atoms with van der Waals surface area (Å²) in [6, 6.07) is 12.0. The molecule has 1 N–H and O–H groups in total. The van der Waals surface area contributed by atoms with Crippen LogP contribution in [0.3, 0.4) is 0 Å². The second-order valence-corrected chi connectivity index (χ2v) is 8.10. The highest BCUT2D eigenvalue weighted by molar-refractivity contribution is 6.42. The van der Waals surface area contributed by atoms with Gasteiger partial charge in [-0.1, -0.05) is 48.3 Å². The van der Waals surface area contributed by atoms with Crippen molar-refractivity contribution in [1.29, 1.82) is 0 Å². The van der Waals surface area contributed by atoms with E-state index < -0.39 is 6.04 Å². The third-order valence-corrected chi connectivity index (χ3v) is 5.76. The van der Waals surface area contributed by atoms with Gasteiger partial charge in [-0.2, -0.15) is 0 Å². The summed E-state index contributed by atoms with van der Waals surface area (Å²) in [5.74, 6) is 0.381. The van der Waals surface area contributed by atoms with Crippen molar-refractivity contribution in [2.45, 2.75) is 52.2 Å². The van der Waals surface area contributed by atoms with Crippen LogP contribution in [0.25, 0.3) is 0 Å². The predicted octanol–water partition coefficient (Wildman–Crippen LogP) is 4.88. The molecule has 0 bridgehead atoms. The first kappa shape index (κ1) is 24.0. The Bertz CT molecular complexity index is 871. The molecule has 2 aromatic rings. The maximum Gasteiger partial charge on any atom is 0.242 e. The van der Waals surface area contributed by atoms with Crippen molar-refractivity contribution in [3.63, 3.8) is 0 Å². The average Bonchev–Trinajstić information content (AvgIpc) is 2.74. The molecule has 7 heteroatoms. The van der Waals surface area contributed by atoms with E-state index in [-0.39, 0.29) is 24.3 Å². The van der Waals surface area contributed by atoms with Gasteiger partial charge in [0.1, 0.15) is 11.8 Å². The van der Waals surface area contributed by atoms with Crippen LogP contribution < -0.4 is 10.1 Å². The smallest absolute Gasteiger partial charge is 0.242 e. The van der Waals surface area contributed by atoms with Gasteiger partial charge in [0.15, 0.2) is 0 Å². The van der Waals surface area contributed by atoms with Crippen LogP contribution >= 0.6 is 23.2 Å². The van der Waals surface area contributed by atoms with E-state index in [0.29, 0.717) is 16.6 Å². The Kier molecular flexibility index (Phi) is 9.00. The van der Waals surface area contributed by atoms with Crippen molar-refractivity contribution in [2.24, 2.45) is 0 Å². The van der Waals surface area contributed by atoms with Crippen molar-refractivity contribution in [3.8, 4) is 5.75 Å². The SMILES string of the molecule is CC[C@@H](C)NC(=O)[C@H](C)N(Cc1ccc(OC)cc1)C(=O)Cc1ccc(Cl)c(Cl)c1.